The van der Waals surface area contributed by atoms with Crippen LogP contribution in [0.25, 0.3) is 65.3 Å². The highest BCUT2D eigenvalue weighted by Crippen LogP contribution is 2.50. The fourth-order valence-electron chi connectivity index (χ4n) is 9.53. The molecule has 0 bridgehead atoms. The molecule has 0 saturated heterocycles. The van der Waals surface area contributed by atoms with Crippen LogP contribution in [0.1, 0.15) is 11.1 Å². The Morgan fingerprint density at radius 1 is 0.279 bits per heavy atom. The highest BCUT2D eigenvalue weighted by molar-refractivity contribution is 6.23. The molecule has 11 aromatic carbocycles. The molecule has 0 N–H and O–H groups in total. The van der Waals surface area contributed by atoms with Gasteiger partial charge in [0.1, 0.15) is 0 Å². The lowest BCUT2D eigenvalue weighted by molar-refractivity contribution is 1.28. The van der Waals surface area contributed by atoms with Crippen molar-refractivity contribution >= 4 is 77.2 Å². The molecule has 11 aromatic rings. The number of hydrogen-bond donors (Lipinski definition) is 0. The molecule has 0 amide bonds. The van der Waals surface area contributed by atoms with Crippen LogP contribution in [-0.4, -0.2) is 0 Å². The van der Waals surface area contributed by atoms with Crippen LogP contribution in [0, 0.1) is 0 Å². The van der Waals surface area contributed by atoms with Crippen LogP contribution in [0.3, 0.4) is 0 Å². The van der Waals surface area contributed by atoms with Crippen molar-refractivity contribution in [2.75, 3.05) is 9.80 Å². The Morgan fingerprint density at radius 3 is 1.23 bits per heavy atom. The quantitative estimate of drug-likeness (QED) is 0.142. The van der Waals surface area contributed by atoms with E-state index in [1.54, 1.807) is 0 Å². The zero-order chi connectivity index (χ0) is 40.3. The molecule has 2 heteroatoms. The summed E-state index contributed by atoms with van der Waals surface area (Å²) in [6.45, 7) is 0. The molecule has 0 aliphatic heterocycles. The van der Waals surface area contributed by atoms with Crippen LogP contribution in [0.4, 0.5) is 34.1 Å². The topological polar surface area (TPSA) is 6.48 Å². The van der Waals surface area contributed by atoms with Crippen molar-refractivity contribution in [3.8, 4) is 22.3 Å². The molecule has 0 heterocycles. The van der Waals surface area contributed by atoms with Gasteiger partial charge in [-0.2, -0.15) is 0 Å². The lowest BCUT2D eigenvalue weighted by Crippen LogP contribution is -2.10. The number of rotatable bonds is 8. The predicted octanol–water partition coefficient (Wildman–Crippen LogP) is 16.5. The standard InChI is InChI=1S/C59H40N2/c1-4-20-47(21-5-1)60(48-22-6-2-7-23-48)50-31-33-52-55(38-50)58(45-29-27-40-15-10-12-17-42(40)35-45)53-34-32-51(39-56(53)59(52)46-30-28-41-16-11-13-18-43(41)36-46)61(49-24-8-3-9-25-49)57-26-14-19-44-37-54(44)57/h1-36,38-39H,37H2. The first-order valence-electron chi connectivity index (χ1n) is 21.1. The third kappa shape index (κ3) is 6.12. The summed E-state index contributed by atoms with van der Waals surface area (Å²) >= 11 is 0. The Kier molecular flexibility index (Phi) is 8.28. The van der Waals surface area contributed by atoms with Crippen molar-refractivity contribution in [3.63, 3.8) is 0 Å². The summed E-state index contributed by atoms with van der Waals surface area (Å²) in [7, 11) is 0. The van der Waals surface area contributed by atoms with Gasteiger partial charge < -0.3 is 9.80 Å². The summed E-state index contributed by atoms with van der Waals surface area (Å²) in [5, 5.41) is 9.78. The maximum absolute atomic E-state index is 2.45. The second-order valence-electron chi connectivity index (χ2n) is 16.1. The average Bonchev–Trinajstić information content (AvgIpc) is 4.13. The highest BCUT2D eigenvalue weighted by Gasteiger charge is 2.27. The molecule has 0 aromatic heterocycles. The molecule has 1 aliphatic carbocycles. The van der Waals surface area contributed by atoms with E-state index in [0.29, 0.717) is 0 Å². The molecule has 0 radical (unpaired) electrons. The largest absolute Gasteiger partial charge is 0.310 e. The summed E-state index contributed by atoms with van der Waals surface area (Å²) in [4.78, 5) is 4.83. The van der Waals surface area contributed by atoms with E-state index in [-0.39, 0.29) is 0 Å². The van der Waals surface area contributed by atoms with Gasteiger partial charge >= 0.3 is 0 Å². The van der Waals surface area contributed by atoms with Crippen LogP contribution in [0.2, 0.25) is 0 Å². The third-order valence-corrected chi connectivity index (χ3v) is 12.5. The van der Waals surface area contributed by atoms with Crippen molar-refractivity contribution in [3.05, 3.63) is 242 Å². The summed E-state index contributed by atoms with van der Waals surface area (Å²) in [6.07, 6.45) is 1.03. The molecule has 286 valence electrons. The van der Waals surface area contributed by atoms with E-state index in [1.165, 1.54) is 82.2 Å². The molecular weight excluding hydrogens is 737 g/mol. The minimum atomic E-state index is 1.03. The fourth-order valence-corrected chi connectivity index (χ4v) is 9.53. The van der Waals surface area contributed by atoms with E-state index in [4.69, 9.17) is 0 Å². The van der Waals surface area contributed by atoms with Gasteiger partial charge in [-0.25, -0.2) is 0 Å². The number of fused-ring (bicyclic) bond motifs is 5. The Hall–Kier alpha value is -7.94. The number of hydrogen-bond acceptors (Lipinski definition) is 2. The molecule has 12 rings (SSSR count). The van der Waals surface area contributed by atoms with Gasteiger partial charge in [0, 0.05) is 40.5 Å². The van der Waals surface area contributed by atoms with E-state index in [1.807, 2.05) is 0 Å². The van der Waals surface area contributed by atoms with Crippen molar-refractivity contribution in [2.24, 2.45) is 0 Å². The SMILES string of the molecule is c1ccc(N(c2ccccc2)c2ccc3c(-c4ccc5ccccc5c4)c4cc(N(c5ccccc5)c5cccc6c5C6)ccc4c(-c4ccc5ccccc5c4)c3c2)cc1. The lowest BCUT2D eigenvalue weighted by atomic mass is 9.84. The molecule has 2 nitrogen and oxygen atoms in total. The van der Waals surface area contributed by atoms with Gasteiger partial charge in [-0.1, -0.05) is 152 Å². The third-order valence-electron chi connectivity index (χ3n) is 12.5. The molecule has 0 saturated carbocycles. The van der Waals surface area contributed by atoms with Gasteiger partial charge in [-0.15, -0.1) is 0 Å². The van der Waals surface area contributed by atoms with Gasteiger partial charge in [0.2, 0.25) is 0 Å². The first kappa shape index (κ1) is 35.0. The average molecular weight is 777 g/mol. The van der Waals surface area contributed by atoms with Crippen LogP contribution in [0.5, 0.6) is 0 Å². The Labute approximate surface area is 355 Å². The van der Waals surface area contributed by atoms with Crippen molar-refractivity contribution in [2.45, 2.75) is 6.42 Å². The molecule has 0 fully saturated rings. The second kappa shape index (κ2) is 14.4. The molecule has 1 aliphatic rings. The van der Waals surface area contributed by atoms with Gasteiger partial charge in [0.05, 0.1) is 0 Å². The van der Waals surface area contributed by atoms with E-state index >= 15 is 0 Å². The molecule has 0 spiro atoms. The van der Waals surface area contributed by atoms with Gasteiger partial charge in [-0.3, -0.25) is 0 Å². The zero-order valence-corrected chi connectivity index (χ0v) is 33.5. The monoisotopic (exact) mass is 776 g/mol. The van der Waals surface area contributed by atoms with Crippen molar-refractivity contribution < 1.29 is 0 Å². The number of para-hydroxylation sites is 3. The number of anilines is 6. The summed E-state index contributed by atoms with van der Waals surface area (Å²) < 4.78 is 0. The maximum Gasteiger partial charge on any atom is 0.0499 e. The Bertz CT molecular complexity index is 3410. The first-order chi connectivity index (χ1) is 30.2. The van der Waals surface area contributed by atoms with E-state index in [0.717, 1.165) is 34.9 Å². The molecule has 0 atom stereocenters. The first-order valence-corrected chi connectivity index (χ1v) is 21.1. The molecular formula is C59H40N2. The smallest absolute Gasteiger partial charge is 0.0499 e. The van der Waals surface area contributed by atoms with Crippen molar-refractivity contribution in [1.82, 2.24) is 0 Å². The van der Waals surface area contributed by atoms with Crippen LogP contribution < -0.4 is 9.80 Å². The highest BCUT2D eigenvalue weighted by atomic mass is 15.1. The summed E-state index contributed by atoms with van der Waals surface area (Å²) in [6, 6.07) is 84.6. The molecule has 61 heavy (non-hydrogen) atoms. The Morgan fingerprint density at radius 2 is 0.721 bits per heavy atom. The normalized spacial score (nSPS) is 11.9. The minimum absolute atomic E-state index is 1.03. The number of benzene rings is 11. The minimum Gasteiger partial charge on any atom is -0.310 e. The number of nitrogens with zero attached hydrogens (tertiary/aromatic N) is 2. The Balaban J connectivity index is 1.20. The summed E-state index contributed by atoms with van der Waals surface area (Å²) in [5.74, 6) is 0. The second-order valence-corrected chi connectivity index (χ2v) is 16.1. The van der Waals surface area contributed by atoms with Gasteiger partial charge in [0.25, 0.3) is 0 Å². The predicted molar refractivity (Wildman–Crippen MR) is 260 cm³/mol. The van der Waals surface area contributed by atoms with Gasteiger partial charge in [-0.05, 0) is 155 Å². The maximum atomic E-state index is 2.45. The van der Waals surface area contributed by atoms with E-state index in [9.17, 15) is 0 Å². The van der Waals surface area contributed by atoms with E-state index in [2.05, 4.69) is 240 Å². The van der Waals surface area contributed by atoms with Gasteiger partial charge in [0.15, 0.2) is 0 Å². The van der Waals surface area contributed by atoms with Crippen LogP contribution in [0.15, 0.2) is 231 Å². The van der Waals surface area contributed by atoms with E-state index < -0.39 is 0 Å². The summed E-state index contributed by atoms with van der Waals surface area (Å²) in [5.41, 5.74) is 14.6. The van der Waals surface area contributed by atoms with Crippen molar-refractivity contribution in [1.29, 1.82) is 0 Å². The fraction of sp³-hybridized carbons (Fsp3) is 0.0169. The van der Waals surface area contributed by atoms with Crippen LogP contribution in [-0.2, 0) is 6.42 Å². The lowest BCUT2D eigenvalue weighted by Gasteiger charge is -2.28. The van der Waals surface area contributed by atoms with Crippen LogP contribution >= 0.6 is 0 Å². The molecule has 0 unspecified atom stereocenters. The zero-order valence-electron chi connectivity index (χ0n) is 33.5.